The fourth-order valence-corrected chi connectivity index (χ4v) is 2.55. The standard InChI is InChI=1S/C18H20INO/c1-3-14(2)20(13-15-7-5-4-6-8-15)18(21)16-9-11-17(19)12-10-16/h4-12,14H,3,13H2,1-2H3. The lowest BCUT2D eigenvalue weighted by Gasteiger charge is -2.29. The van der Waals surface area contributed by atoms with Crippen LogP contribution in [-0.4, -0.2) is 16.8 Å². The Morgan fingerprint density at radius 2 is 1.71 bits per heavy atom. The van der Waals surface area contributed by atoms with E-state index in [4.69, 9.17) is 0 Å². The van der Waals surface area contributed by atoms with E-state index in [-0.39, 0.29) is 11.9 Å². The van der Waals surface area contributed by atoms with Gasteiger partial charge in [-0.1, -0.05) is 37.3 Å². The van der Waals surface area contributed by atoms with Gasteiger partial charge in [0, 0.05) is 21.7 Å². The van der Waals surface area contributed by atoms with Crippen molar-refractivity contribution in [3.63, 3.8) is 0 Å². The number of benzene rings is 2. The van der Waals surface area contributed by atoms with Crippen molar-refractivity contribution in [1.29, 1.82) is 0 Å². The molecule has 110 valence electrons. The van der Waals surface area contributed by atoms with E-state index >= 15 is 0 Å². The zero-order chi connectivity index (χ0) is 15.2. The minimum Gasteiger partial charge on any atom is -0.332 e. The molecule has 1 unspecified atom stereocenters. The second kappa shape index (κ2) is 7.59. The van der Waals surface area contributed by atoms with Crippen molar-refractivity contribution in [1.82, 2.24) is 4.90 Å². The topological polar surface area (TPSA) is 20.3 Å². The molecule has 0 aliphatic carbocycles. The van der Waals surface area contributed by atoms with Crippen molar-refractivity contribution in [3.05, 3.63) is 69.3 Å². The van der Waals surface area contributed by atoms with Gasteiger partial charge in [0.25, 0.3) is 5.91 Å². The zero-order valence-corrected chi connectivity index (χ0v) is 14.6. The van der Waals surface area contributed by atoms with Crippen LogP contribution in [0.4, 0.5) is 0 Å². The van der Waals surface area contributed by atoms with E-state index in [1.54, 1.807) is 0 Å². The first-order valence-corrected chi connectivity index (χ1v) is 8.30. The summed E-state index contributed by atoms with van der Waals surface area (Å²) in [4.78, 5) is 14.7. The average molecular weight is 393 g/mol. The van der Waals surface area contributed by atoms with Gasteiger partial charge in [-0.3, -0.25) is 4.79 Å². The van der Waals surface area contributed by atoms with Gasteiger partial charge in [-0.15, -0.1) is 0 Å². The molecular formula is C18H20INO. The van der Waals surface area contributed by atoms with E-state index < -0.39 is 0 Å². The number of rotatable bonds is 5. The lowest BCUT2D eigenvalue weighted by Crippen LogP contribution is -2.37. The van der Waals surface area contributed by atoms with Gasteiger partial charge < -0.3 is 4.90 Å². The van der Waals surface area contributed by atoms with Crippen LogP contribution in [0.2, 0.25) is 0 Å². The van der Waals surface area contributed by atoms with Crippen LogP contribution in [0.3, 0.4) is 0 Å². The van der Waals surface area contributed by atoms with Gasteiger partial charge in [0.05, 0.1) is 0 Å². The smallest absolute Gasteiger partial charge is 0.254 e. The van der Waals surface area contributed by atoms with Crippen molar-refractivity contribution in [2.45, 2.75) is 32.9 Å². The molecule has 0 N–H and O–H groups in total. The number of amides is 1. The SMILES string of the molecule is CCC(C)N(Cc1ccccc1)C(=O)c1ccc(I)cc1. The molecule has 0 heterocycles. The molecular weight excluding hydrogens is 373 g/mol. The first kappa shape index (κ1) is 16.0. The molecule has 0 fully saturated rings. The van der Waals surface area contributed by atoms with Crippen LogP contribution in [0.15, 0.2) is 54.6 Å². The Morgan fingerprint density at radius 3 is 2.29 bits per heavy atom. The van der Waals surface area contributed by atoms with Crippen LogP contribution in [0.1, 0.15) is 36.2 Å². The largest absolute Gasteiger partial charge is 0.332 e. The Kier molecular flexibility index (Phi) is 5.79. The van der Waals surface area contributed by atoms with Crippen LogP contribution >= 0.6 is 22.6 Å². The molecule has 0 aliphatic rings. The third kappa shape index (κ3) is 4.30. The number of halogens is 1. The minimum atomic E-state index is 0.101. The molecule has 1 amide bonds. The molecule has 0 aliphatic heterocycles. The number of carbonyl (C=O) groups excluding carboxylic acids is 1. The highest BCUT2D eigenvalue weighted by atomic mass is 127. The Balaban J connectivity index is 2.23. The van der Waals surface area contributed by atoms with Crippen molar-refractivity contribution in [3.8, 4) is 0 Å². The molecule has 0 aromatic heterocycles. The van der Waals surface area contributed by atoms with Crippen LogP contribution in [-0.2, 0) is 6.54 Å². The van der Waals surface area contributed by atoms with Gasteiger partial charge >= 0.3 is 0 Å². The van der Waals surface area contributed by atoms with Crippen molar-refractivity contribution in [2.24, 2.45) is 0 Å². The lowest BCUT2D eigenvalue weighted by molar-refractivity contribution is 0.0671. The summed E-state index contributed by atoms with van der Waals surface area (Å²) < 4.78 is 1.14. The Hall–Kier alpha value is -1.36. The summed E-state index contributed by atoms with van der Waals surface area (Å²) in [6.45, 7) is 4.87. The summed E-state index contributed by atoms with van der Waals surface area (Å²) >= 11 is 2.25. The maximum Gasteiger partial charge on any atom is 0.254 e. The summed E-state index contributed by atoms with van der Waals surface area (Å²) in [6, 6.07) is 18.1. The van der Waals surface area contributed by atoms with E-state index in [2.05, 4.69) is 48.6 Å². The van der Waals surface area contributed by atoms with E-state index in [1.165, 1.54) is 0 Å². The zero-order valence-electron chi connectivity index (χ0n) is 12.4. The van der Waals surface area contributed by atoms with Gasteiger partial charge in [-0.25, -0.2) is 0 Å². The van der Waals surface area contributed by atoms with Gasteiger partial charge in [0.2, 0.25) is 0 Å². The fraction of sp³-hybridized carbons (Fsp3) is 0.278. The number of hydrogen-bond donors (Lipinski definition) is 0. The minimum absolute atomic E-state index is 0.101. The first-order valence-electron chi connectivity index (χ1n) is 7.22. The third-order valence-electron chi connectivity index (χ3n) is 3.67. The molecule has 2 nitrogen and oxygen atoms in total. The molecule has 21 heavy (non-hydrogen) atoms. The molecule has 0 radical (unpaired) electrons. The normalized spacial score (nSPS) is 12.0. The molecule has 2 aromatic carbocycles. The first-order chi connectivity index (χ1) is 10.1. The number of carbonyl (C=O) groups is 1. The monoisotopic (exact) mass is 393 g/mol. The average Bonchev–Trinajstić information content (AvgIpc) is 2.53. The van der Waals surface area contributed by atoms with E-state index in [9.17, 15) is 4.79 Å². The predicted molar refractivity (Wildman–Crippen MR) is 95.2 cm³/mol. The highest BCUT2D eigenvalue weighted by Gasteiger charge is 2.20. The van der Waals surface area contributed by atoms with Gasteiger partial charge in [0.1, 0.15) is 0 Å². The van der Waals surface area contributed by atoms with E-state index in [1.807, 2.05) is 47.4 Å². The number of nitrogens with zero attached hydrogens (tertiary/aromatic N) is 1. The molecule has 0 saturated carbocycles. The fourth-order valence-electron chi connectivity index (χ4n) is 2.19. The van der Waals surface area contributed by atoms with Crippen LogP contribution < -0.4 is 0 Å². The Labute approximate surface area is 140 Å². The molecule has 3 heteroatoms. The summed E-state index contributed by atoms with van der Waals surface area (Å²) in [6.07, 6.45) is 0.947. The quantitative estimate of drug-likeness (QED) is 0.673. The molecule has 0 saturated heterocycles. The molecule has 0 spiro atoms. The van der Waals surface area contributed by atoms with Crippen LogP contribution in [0.5, 0.6) is 0 Å². The van der Waals surface area contributed by atoms with Gasteiger partial charge in [-0.05, 0) is 65.8 Å². The molecule has 0 bridgehead atoms. The second-order valence-corrected chi connectivity index (χ2v) is 6.43. The summed E-state index contributed by atoms with van der Waals surface area (Å²) in [5.74, 6) is 0.101. The van der Waals surface area contributed by atoms with Crippen LogP contribution in [0, 0.1) is 3.57 Å². The Morgan fingerprint density at radius 1 is 1.10 bits per heavy atom. The summed E-state index contributed by atoms with van der Waals surface area (Å²) in [5.41, 5.74) is 1.92. The summed E-state index contributed by atoms with van der Waals surface area (Å²) in [5, 5.41) is 0. The van der Waals surface area contributed by atoms with E-state index in [0.29, 0.717) is 6.54 Å². The van der Waals surface area contributed by atoms with Crippen molar-refractivity contribution >= 4 is 28.5 Å². The number of hydrogen-bond acceptors (Lipinski definition) is 1. The molecule has 1 atom stereocenters. The van der Waals surface area contributed by atoms with Crippen molar-refractivity contribution < 1.29 is 4.79 Å². The van der Waals surface area contributed by atoms with E-state index in [0.717, 1.165) is 21.1 Å². The second-order valence-electron chi connectivity index (χ2n) is 5.18. The highest BCUT2D eigenvalue weighted by molar-refractivity contribution is 14.1. The highest BCUT2D eigenvalue weighted by Crippen LogP contribution is 2.16. The lowest BCUT2D eigenvalue weighted by atomic mass is 10.1. The molecule has 2 rings (SSSR count). The predicted octanol–water partition coefficient (Wildman–Crippen LogP) is 4.73. The van der Waals surface area contributed by atoms with Crippen molar-refractivity contribution in [2.75, 3.05) is 0 Å². The third-order valence-corrected chi connectivity index (χ3v) is 4.39. The van der Waals surface area contributed by atoms with Crippen LogP contribution in [0.25, 0.3) is 0 Å². The van der Waals surface area contributed by atoms with Gasteiger partial charge in [0.15, 0.2) is 0 Å². The summed E-state index contributed by atoms with van der Waals surface area (Å²) in [7, 11) is 0. The maximum absolute atomic E-state index is 12.8. The van der Waals surface area contributed by atoms with Gasteiger partial charge in [-0.2, -0.15) is 0 Å². The molecule has 2 aromatic rings. The maximum atomic E-state index is 12.8. The Bertz CT molecular complexity index is 580.